The predicted octanol–water partition coefficient (Wildman–Crippen LogP) is 3.07. The first-order chi connectivity index (χ1) is 12.2. The predicted molar refractivity (Wildman–Crippen MR) is 88.9 cm³/mol. The fourth-order valence-corrected chi connectivity index (χ4v) is 2.98. The van der Waals surface area contributed by atoms with Gasteiger partial charge >= 0.3 is 6.18 Å². The van der Waals surface area contributed by atoms with Crippen LogP contribution in [0.1, 0.15) is 25.8 Å². The van der Waals surface area contributed by atoms with E-state index in [9.17, 15) is 22.8 Å². The van der Waals surface area contributed by atoms with Crippen LogP contribution in [0.4, 0.5) is 18.9 Å². The zero-order valence-electron chi connectivity index (χ0n) is 14.6. The van der Waals surface area contributed by atoms with Gasteiger partial charge in [-0.05, 0) is 32.0 Å². The summed E-state index contributed by atoms with van der Waals surface area (Å²) >= 11 is 0. The van der Waals surface area contributed by atoms with Gasteiger partial charge in [-0.15, -0.1) is 0 Å². The molecule has 0 radical (unpaired) electrons. The number of hydrogen-bond donors (Lipinski definition) is 0. The highest BCUT2D eigenvalue weighted by molar-refractivity contribution is 6.00. The summed E-state index contributed by atoms with van der Waals surface area (Å²) in [7, 11) is 0. The molecule has 0 spiro atoms. The van der Waals surface area contributed by atoms with Crippen molar-refractivity contribution in [1.29, 1.82) is 5.26 Å². The average molecular weight is 367 g/mol. The number of benzene rings is 1. The lowest BCUT2D eigenvalue weighted by atomic mass is 10.1. The van der Waals surface area contributed by atoms with Crippen LogP contribution in [-0.2, 0) is 15.8 Å². The summed E-state index contributed by atoms with van der Waals surface area (Å²) in [5, 5.41) is 8.91. The van der Waals surface area contributed by atoms with Crippen molar-refractivity contribution in [3.8, 4) is 6.07 Å². The van der Waals surface area contributed by atoms with Gasteiger partial charge in [0, 0.05) is 31.7 Å². The molecule has 0 bridgehead atoms. The number of carbonyl (C=O) groups excluding carboxylic acids is 2. The largest absolute Gasteiger partial charge is 0.416 e. The minimum absolute atomic E-state index is 0.0381. The highest BCUT2D eigenvalue weighted by atomic mass is 19.4. The van der Waals surface area contributed by atoms with Crippen LogP contribution in [0.25, 0.3) is 0 Å². The summed E-state index contributed by atoms with van der Waals surface area (Å²) in [5.74, 6) is -1.59. The number of halogens is 3. The smallest absolute Gasteiger partial charge is 0.341 e. The summed E-state index contributed by atoms with van der Waals surface area (Å²) in [6.45, 7) is 4.18. The standard InChI is InChI=1S/C18H20F3N3O2/c1-3-23(10-12(2)9-22)17(26)13-7-16(25)24(11-13)15-6-4-5-14(8-15)18(19,20)21/h4-6,8,12-13H,3,7,10-11H2,1-2H3. The summed E-state index contributed by atoms with van der Waals surface area (Å²) < 4.78 is 38.6. The van der Waals surface area contributed by atoms with Crippen LogP contribution in [0.3, 0.4) is 0 Å². The Bertz CT molecular complexity index is 727. The summed E-state index contributed by atoms with van der Waals surface area (Å²) in [6, 6.07) is 6.59. The molecule has 0 aliphatic carbocycles. The summed E-state index contributed by atoms with van der Waals surface area (Å²) in [4.78, 5) is 27.6. The lowest BCUT2D eigenvalue weighted by molar-refractivity contribution is -0.137. The van der Waals surface area contributed by atoms with Gasteiger partial charge in [-0.1, -0.05) is 6.07 Å². The Morgan fingerprint density at radius 1 is 1.46 bits per heavy atom. The lowest BCUT2D eigenvalue weighted by Crippen LogP contribution is -2.39. The minimum Gasteiger partial charge on any atom is -0.341 e. The number of carbonyl (C=O) groups is 2. The quantitative estimate of drug-likeness (QED) is 0.803. The molecule has 8 heteroatoms. The first-order valence-corrected chi connectivity index (χ1v) is 8.33. The molecule has 140 valence electrons. The molecule has 0 aromatic heterocycles. The SMILES string of the molecule is CCN(CC(C)C#N)C(=O)C1CC(=O)N(c2cccc(C(F)(F)F)c2)C1. The summed E-state index contributed by atoms with van der Waals surface area (Å²) in [5.41, 5.74) is -0.704. The molecular weight excluding hydrogens is 347 g/mol. The van der Waals surface area contributed by atoms with Crippen molar-refractivity contribution in [2.75, 3.05) is 24.5 Å². The molecule has 1 aliphatic heterocycles. The highest BCUT2D eigenvalue weighted by Gasteiger charge is 2.38. The van der Waals surface area contributed by atoms with E-state index >= 15 is 0 Å². The van der Waals surface area contributed by atoms with E-state index in [0.29, 0.717) is 6.54 Å². The van der Waals surface area contributed by atoms with Crippen LogP contribution < -0.4 is 4.90 Å². The molecule has 1 heterocycles. The van der Waals surface area contributed by atoms with Crippen molar-refractivity contribution in [2.45, 2.75) is 26.4 Å². The molecule has 1 aromatic carbocycles. The van der Waals surface area contributed by atoms with Gasteiger partial charge in [-0.2, -0.15) is 18.4 Å². The Labute approximate surface area is 150 Å². The number of anilines is 1. The van der Waals surface area contributed by atoms with E-state index in [2.05, 4.69) is 6.07 Å². The molecule has 0 N–H and O–H groups in total. The third kappa shape index (κ3) is 4.34. The third-order valence-electron chi connectivity index (χ3n) is 4.37. The zero-order chi connectivity index (χ0) is 19.5. The monoisotopic (exact) mass is 367 g/mol. The molecule has 2 atom stereocenters. The molecule has 2 amide bonds. The fraction of sp³-hybridized carbons (Fsp3) is 0.500. The van der Waals surface area contributed by atoms with E-state index in [1.165, 1.54) is 21.9 Å². The Morgan fingerprint density at radius 3 is 2.73 bits per heavy atom. The first kappa shape index (κ1) is 19.8. The van der Waals surface area contributed by atoms with Gasteiger partial charge in [0.2, 0.25) is 11.8 Å². The second-order valence-electron chi connectivity index (χ2n) is 6.36. The van der Waals surface area contributed by atoms with Crippen molar-refractivity contribution < 1.29 is 22.8 Å². The number of nitriles is 1. The Hall–Kier alpha value is -2.56. The number of hydrogen-bond acceptors (Lipinski definition) is 3. The second kappa shape index (κ2) is 7.77. The van der Waals surface area contributed by atoms with Crippen molar-refractivity contribution >= 4 is 17.5 Å². The molecule has 2 rings (SSSR count). The van der Waals surface area contributed by atoms with Crippen molar-refractivity contribution in [1.82, 2.24) is 4.90 Å². The number of rotatable bonds is 5. The maximum absolute atomic E-state index is 12.9. The summed E-state index contributed by atoms with van der Waals surface area (Å²) in [6.07, 6.45) is -4.55. The van der Waals surface area contributed by atoms with Crippen LogP contribution in [0, 0.1) is 23.2 Å². The van der Waals surface area contributed by atoms with Gasteiger partial charge < -0.3 is 9.80 Å². The molecule has 1 aromatic rings. The van der Waals surface area contributed by atoms with E-state index in [4.69, 9.17) is 5.26 Å². The second-order valence-corrected chi connectivity index (χ2v) is 6.36. The number of amides is 2. The van der Waals surface area contributed by atoms with E-state index < -0.39 is 17.7 Å². The molecule has 0 saturated carbocycles. The van der Waals surface area contributed by atoms with Crippen molar-refractivity contribution in [3.05, 3.63) is 29.8 Å². The highest BCUT2D eigenvalue weighted by Crippen LogP contribution is 2.33. The normalized spacial score (nSPS) is 18.5. The maximum atomic E-state index is 12.9. The number of alkyl halides is 3. The van der Waals surface area contributed by atoms with E-state index in [1.807, 2.05) is 0 Å². The Kier molecular flexibility index (Phi) is 5.90. The van der Waals surface area contributed by atoms with Gasteiger partial charge in [0.15, 0.2) is 0 Å². The fourth-order valence-electron chi connectivity index (χ4n) is 2.98. The Morgan fingerprint density at radius 2 is 2.15 bits per heavy atom. The van der Waals surface area contributed by atoms with E-state index in [0.717, 1.165) is 12.1 Å². The number of nitrogens with zero attached hydrogens (tertiary/aromatic N) is 3. The van der Waals surface area contributed by atoms with Crippen molar-refractivity contribution in [3.63, 3.8) is 0 Å². The van der Waals surface area contributed by atoms with Gasteiger partial charge in [0.1, 0.15) is 0 Å². The van der Waals surface area contributed by atoms with E-state index in [1.54, 1.807) is 13.8 Å². The molecule has 1 saturated heterocycles. The van der Waals surface area contributed by atoms with Crippen molar-refractivity contribution in [2.24, 2.45) is 11.8 Å². The minimum atomic E-state index is -4.50. The van der Waals surface area contributed by atoms with Gasteiger partial charge in [-0.25, -0.2) is 0 Å². The third-order valence-corrected chi connectivity index (χ3v) is 4.37. The van der Waals surface area contributed by atoms with Crippen LogP contribution in [-0.4, -0.2) is 36.3 Å². The van der Waals surface area contributed by atoms with Crippen LogP contribution in [0.15, 0.2) is 24.3 Å². The van der Waals surface area contributed by atoms with Crippen LogP contribution in [0.5, 0.6) is 0 Å². The van der Waals surface area contributed by atoms with Gasteiger partial charge in [0.05, 0.1) is 23.5 Å². The molecular formula is C18H20F3N3O2. The van der Waals surface area contributed by atoms with Gasteiger partial charge in [0.25, 0.3) is 0 Å². The Balaban J connectivity index is 2.16. The molecule has 26 heavy (non-hydrogen) atoms. The van der Waals surface area contributed by atoms with Crippen LogP contribution >= 0.6 is 0 Å². The molecule has 1 aliphatic rings. The molecule has 2 unspecified atom stereocenters. The zero-order valence-corrected chi connectivity index (χ0v) is 14.6. The van der Waals surface area contributed by atoms with E-state index in [-0.39, 0.29) is 42.9 Å². The first-order valence-electron chi connectivity index (χ1n) is 8.33. The lowest BCUT2D eigenvalue weighted by Gasteiger charge is -2.25. The average Bonchev–Trinajstić information content (AvgIpc) is 3.00. The molecule has 1 fully saturated rings. The maximum Gasteiger partial charge on any atom is 0.416 e. The van der Waals surface area contributed by atoms with Gasteiger partial charge in [-0.3, -0.25) is 9.59 Å². The topological polar surface area (TPSA) is 64.4 Å². The molecule has 5 nitrogen and oxygen atoms in total. The van der Waals surface area contributed by atoms with Crippen LogP contribution in [0.2, 0.25) is 0 Å².